The van der Waals surface area contributed by atoms with E-state index in [1.165, 1.54) is 0 Å². The number of carboxylic acid groups (broad SMARTS) is 1. The second-order valence-corrected chi connectivity index (χ2v) is 19.6. The monoisotopic (exact) mass is 969 g/mol. The van der Waals surface area contributed by atoms with Gasteiger partial charge in [0.2, 0.25) is 5.91 Å². The van der Waals surface area contributed by atoms with Gasteiger partial charge in [-0.25, -0.2) is 19.2 Å². The second-order valence-electron chi connectivity index (χ2n) is 19.6. The minimum atomic E-state index is -1.98. The average Bonchev–Trinajstić information content (AvgIpc) is 3.65. The van der Waals surface area contributed by atoms with Crippen molar-refractivity contribution in [2.45, 2.75) is 103 Å². The van der Waals surface area contributed by atoms with E-state index in [0.29, 0.717) is 43.0 Å². The van der Waals surface area contributed by atoms with Crippen LogP contribution >= 0.6 is 0 Å². The molecule has 5 aromatic rings. The highest BCUT2D eigenvalue weighted by atomic mass is 16.6. The Morgan fingerprint density at radius 3 is 1.82 bits per heavy atom. The third kappa shape index (κ3) is 14.8. The Morgan fingerprint density at radius 2 is 1.23 bits per heavy atom. The molecule has 2 unspecified atom stereocenters. The largest absolute Gasteiger partial charge is 0.489 e. The lowest BCUT2D eigenvalue weighted by Gasteiger charge is -2.39. The van der Waals surface area contributed by atoms with Crippen molar-refractivity contribution in [1.82, 2.24) is 15.1 Å². The zero-order valence-corrected chi connectivity index (χ0v) is 41.6. The van der Waals surface area contributed by atoms with Crippen molar-refractivity contribution in [3.8, 4) is 16.9 Å². The van der Waals surface area contributed by atoms with E-state index in [1.807, 2.05) is 91.0 Å². The fourth-order valence-corrected chi connectivity index (χ4v) is 8.46. The van der Waals surface area contributed by atoms with Gasteiger partial charge in [0, 0.05) is 36.9 Å². The zero-order valence-electron chi connectivity index (χ0n) is 41.6. The number of rotatable bonds is 21. The predicted molar refractivity (Wildman–Crippen MR) is 275 cm³/mol. The van der Waals surface area contributed by atoms with Gasteiger partial charge in [-0.15, -0.1) is 0 Å². The van der Waals surface area contributed by atoms with Crippen LogP contribution in [0, 0.1) is 0 Å². The number of hydrogen-bond acceptors (Lipinski definition) is 9. The number of aliphatic carboxylic acids is 1. The number of nitrogens with two attached hydrogens (primary N) is 1. The van der Waals surface area contributed by atoms with Crippen LogP contribution in [0.5, 0.6) is 5.75 Å². The molecule has 6 N–H and O–H groups in total. The number of nitrogens with one attached hydrogen (secondary N) is 3. The normalized spacial score (nSPS) is 12.9. The van der Waals surface area contributed by atoms with Gasteiger partial charge in [-0.1, -0.05) is 112 Å². The van der Waals surface area contributed by atoms with Crippen LogP contribution in [0.4, 0.5) is 25.8 Å². The molecular formula is C56H68N6O9. The maximum Gasteiger partial charge on any atom is 0.410 e. The lowest BCUT2D eigenvalue weighted by Crippen LogP contribution is -2.63. The van der Waals surface area contributed by atoms with Crippen LogP contribution in [0.15, 0.2) is 127 Å². The van der Waals surface area contributed by atoms with E-state index in [0.717, 1.165) is 43.2 Å². The first-order valence-corrected chi connectivity index (χ1v) is 24.2. The molecule has 15 nitrogen and oxygen atoms in total. The molecule has 5 aromatic carbocycles. The minimum Gasteiger partial charge on any atom is -0.489 e. The first-order chi connectivity index (χ1) is 33.9. The van der Waals surface area contributed by atoms with Gasteiger partial charge < -0.3 is 45.9 Å². The molecule has 5 amide bonds. The van der Waals surface area contributed by atoms with E-state index in [-0.39, 0.29) is 50.5 Å². The van der Waals surface area contributed by atoms with Crippen molar-refractivity contribution in [2.75, 3.05) is 43.4 Å². The molecule has 0 fully saturated rings. The highest BCUT2D eigenvalue weighted by molar-refractivity contribution is 6.03. The highest BCUT2D eigenvalue weighted by Gasteiger charge is 2.46. The van der Waals surface area contributed by atoms with Gasteiger partial charge in [-0.3, -0.25) is 9.69 Å². The first kappa shape index (κ1) is 53.0. The van der Waals surface area contributed by atoms with Crippen LogP contribution in [0.1, 0.15) is 95.4 Å². The molecule has 2 atom stereocenters. The summed E-state index contributed by atoms with van der Waals surface area (Å²) in [5.74, 6) is -2.22. The number of anilines is 2. The third-order valence-corrected chi connectivity index (χ3v) is 12.0. The van der Waals surface area contributed by atoms with Crippen LogP contribution in [0.25, 0.3) is 11.1 Å². The maximum atomic E-state index is 15.1. The van der Waals surface area contributed by atoms with Crippen molar-refractivity contribution in [3.63, 3.8) is 0 Å². The van der Waals surface area contributed by atoms with E-state index in [4.69, 9.17) is 19.9 Å². The number of carbonyl (C=O) groups excluding carboxylic acids is 4. The fraction of sp³-hybridized carbons (Fsp3) is 0.375. The maximum absolute atomic E-state index is 15.1. The van der Waals surface area contributed by atoms with E-state index in [1.54, 1.807) is 57.2 Å². The molecule has 0 aliphatic heterocycles. The Kier molecular flexibility index (Phi) is 18.2. The molecule has 376 valence electrons. The summed E-state index contributed by atoms with van der Waals surface area (Å²) in [6, 6.07) is 34.6. The molecule has 0 heterocycles. The molecule has 0 aromatic heterocycles. The number of carbonyl (C=O) groups is 5. The van der Waals surface area contributed by atoms with Crippen molar-refractivity contribution in [1.29, 1.82) is 0 Å². The molecular weight excluding hydrogens is 901 g/mol. The lowest BCUT2D eigenvalue weighted by atomic mass is 9.87. The Balaban J connectivity index is 1.35. The average molecular weight is 969 g/mol. The number of benzene rings is 5. The topological polar surface area (TPSA) is 202 Å². The summed E-state index contributed by atoms with van der Waals surface area (Å²) in [4.78, 5) is 73.3. The number of amides is 5. The van der Waals surface area contributed by atoms with Gasteiger partial charge in [0.1, 0.15) is 30.6 Å². The summed E-state index contributed by atoms with van der Waals surface area (Å²) in [5, 5.41) is 19.8. The number of fused-ring (bicyclic) bond motifs is 3. The number of urea groups is 1. The summed E-state index contributed by atoms with van der Waals surface area (Å²) in [7, 11) is 0. The number of carboxylic acids is 1. The van der Waals surface area contributed by atoms with Gasteiger partial charge in [0.15, 0.2) is 6.04 Å². The second kappa shape index (κ2) is 24.4. The highest BCUT2D eigenvalue weighted by Crippen LogP contribution is 2.44. The molecule has 0 bridgehead atoms. The molecule has 0 saturated carbocycles. The van der Waals surface area contributed by atoms with Crippen LogP contribution in [-0.4, -0.2) is 95.5 Å². The quantitative estimate of drug-likeness (QED) is 0.0441. The Bertz CT molecular complexity index is 2530. The van der Waals surface area contributed by atoms with Crippen molar-refractivity contribution in [2.24, 2.45) is 5.73 Å². The van der Waals surface area contributed by atoms with Crippen LogP contribution in [0.2, 0.25) is 0 Å². The van der Waals surface area contributed by atoms with E-state index >= 15 is 4.79 Å². The van der Waals surface area contributed by atoms with Crippen LogP contribution in [0.3, 0.4) is 0 Å². The van der Waals surface area contributed by atoms with Gasteiger partial charge in [-0.2, -0.15) is 0 Å². The Morgan fingerprint density at radius 1 is 0.662 bits per heavy atom. The molecule has 0 radical (unpaired) electrons. The molecule has 1 aliphatic rings. The van der Waals surface area contributed by atoms with Crippen LogP contribution < -0.4 is 26.4 Å². The van der Waals surface area contributed by atoms with Crippen molar-refractivity contribution in [3.05, 3.63) is 150 Å². The summed E-state index contributed by atoms with van der Waals surface area (Å²) in [6.45, 7) is 11.7. The lowest BCUT2D eigenvalue weighted by molar-refractivity contribution is -0.147. The van der Waals surface area contributed by atoms with Crippen LogP contribution in [-0.2, 0) is 31.1 Å². The SMILES string of the molecule is CC(C)(C)OC(=O)NCCCCN(C(=O)OCC1c2ccccc2-c2ccccc21)C(C(=O)O)C(C(=O)Nc1ccc(C(C)(C)C)cc1)N(CCCCN)C(=O)Nc1ccc(OCc2ccccc2)cc1. The molecule has 1 aliphatic carbocycles. The van der Waals surface area contributed by atoms with E-state index < -0.39 is 47.8 Å². The molecule has 71 heavy (non-hydrogen) atoms. The number of nitrogens with zero attached hydrogens (tertiary/aromatic N) is 2. The standard InChI is InChI=1S/C56H68N6O9/c1-55(2,3)39-24-26-40(27-25-39)59-50(63)48(61(34-16-14-32-57)52(66)60-41-28-30-42(31-29-41)69-36-38-18-8-7-9-19-38)49(51(64)65)62(35-17-15-33-58-53(67)71-56(4,5)6)54(68)70-37-47-45-22-12-10-20-43(45)44-21-11-13-23-46(44)47/h7-13,18-31,47-49H,14-17,32-37,57H2,1-6H3,(H,58,67)(H,59,63)(H,60,66)(H,64,65). The van der Waals surface area contributed by atoms with Gasteiger partial charge >= 0.3 is 24.2 Å². The molecule has 0 saturated heterocycles. The first-order valence-electron chi connectivity index (χ1n) is 24.2. The van der Waals surface area contributed by atoms with E-state index in [2.05, 4.69) is 36.7 Å². The summed E-state index contributed by atoms with van der Waals surface area (Å²) in [6.07, 6.45) is -0.423. The van der Waals surface area contributed by atoms with Gasteiger partial charge in [0.25, 0.3) is 0 Å². The number of ether oxygens (including phenoxy) is 3. The zero-order chi connectivity index (χ0) is 51.1. The number of hydrogen-bond donors (Lipinski definition) is 5. The van der Waals surface area contributed by atoms with Gasteiger partial charge in [0.05, 0.1) is 0 Å². The summed E-state index contributed by atoms with van der Waals surface area (Å²) >= 11 is 0. The van der Waals surface area contributed by atoms with Crippen molar-refractivity contribution < 1.29 is 43.3 Å². The third-order valence-electron chi connectivity index (χ3n) is 12.0. The summed E-state index contributed by atoms with van der Waals surface area (Å²) < 4.78 is 17.5. The molecule has 0 spiro atoms. The predicted octanol–water partition coefficient (Wildman–Crippen LogP) is 10.2. The fourth-order valence-electron chi connectivity index (χ4n) is 8.46. The van der Waals surface area contributed by atoms with Crippen molar-refractivity contribution >= 4 is 41.5 Å². The number of alkyl carbamates (subject to hydrolysis) is 1. The molecule has 6 rings (SSSR count). The van der Waals surface area contributed by atoms with E-state index in [9.17, 15) is 24.3 Å². The number of unbranched alkanes of at least 4 members (excludes halogenated alkanes) is 2. The molecule has 15 heteroatoms. The summed E-state index contributed by atoms with van der Waals surface area (Å²) in [5.41, 5.74) is 11.6. The Labute approximate surface area is 417 Å². The minimum absolute atomic E-state index is 0.107. The Hall–Kier alpha value is -7.39. The van der Waals surface area contributed by atoms with Gasteiger partial charge in [-0.05, 0) is 128 Å². The smallest absolute Gasteiger partial charge is 0.410 e.